The van der Waals surface area contributed by atoms with E-state index in [0.29, 0.717) is 24.4 Å². The molecule has 1 atom stereocenters. The highest BCUT2D eigenvalue weighted by Crippen LogP contribution is 2.25. The van der Waals surface area contributed by atoms with Gasteiger partial charge in [-0.25, -0.2) is 4.39 Å². The minimum Gasteiger partial charge on any atom is -0.451 e. The monoisotopic (exact) mass is 274 g/mol. The van der Waals surface area contributed by atoms with Crippen molar-refractivity contribution in [3.63, 3.8) is 0 Å². The highest BCUT2D eigenvalue weighted by molar-refractivity contribution is 5.92. The molecule has 0 unspecified atom stereocenters. The zero-order valence-electron chi connectivity index (χ0n) is 10.9. The first-order valence-corrected chi connectivity index (χ1v) is 6.55. The number of nitrogens with two attached hydrogens (primary N) is 1. The number of benzene rings is 1. The molecule has 2 aromatic rings. The Morgan fingerprint density at radius 1 is 1.30 bits per heavy atom. The average Bonchev–Trinajstić information content (AvgIpc) is 3.07. The average molecular weight is 274 g/mol. The van der Waals surface area contributed by atoms with Crippen LogP contribution >= 0.6 is 0 Å². The van der Waals surface area contributed by atoms with E-state index in [-0.39, 0.29) is 23.5 Å². The third kappa shape index (κ3) is 2.32. The molecule has 1 aliphatic rings. The highest BCUT2D eigenvalue weighted by atomic mass is 19.1. The summed E-state index contributed by atoms with van der Waals surface area (Å²) >= 11 is 0. The normalized spacial score (nSPS) is 18.5. The summed E-state index contributed by atoms with van der Waals surface area (Å²) in [7, 11) is 0. The molecule has 0 aliphatic carbocycles. The molecule has 4 nitrogen and oxygen atoms in total. The summed E-state index contributed by atoms with van der Waals surface area (Å²) in [4.78, 5) is 13.9. The molecule has 104 valence electrons. The maximum absolute atomic E-state index is 13.7. The van der Waals surface area contributed by atoms with Crippen molar-refractivity contribution in [3.05, 3.63) is 48.0 Å². The summed E-state index contributed by atoms with van der Waals surface area (Å²) in [6, 6.07) is 9.53. The summed E-state index contributed by atoms with van der Waals surface area (Å²) in [6.45, 7) is 1.17. The van der Waals surface area contributed by atoms with Crippen LogP contribution in [0.15, 0.2) is 40.8 Å². The van der Waals surface area contributed by atoms with Gasteiger partial charge in [0, 0.05) is 19.1 Å². The molecule has 3 rings (SSSR count). The second-order valence-corrected chi connectivity index (χ2v) is 4.94. The summed E-state index contributed by atoms with van der Waals surface area (Å²) in [5.74, 6) is 0.0110. The van der Waals surface area contributed by atoms with Crippen molar-refractivity contribution >= 4 is 5.91 Å². The van der Waals surface area contributed by atoms with E-state index < -0.39 is 0 Å². The Balaban J connectivity index is 1.84. The van der Waals surface area contributed by atoms with Crippen molar-refractivity contribution in [2.75, 3.05) is 13.1 Å². The Morgan fingerprint density at radius 3 is 2.80 bits per heavy atom. The molecule has 0 radical (unpaired) electrons. The number of hydrogen-bond acceptors (Lipinski definition) is 3. The molecular weight excluding hydrogens is 259 g/mol. The van der Waals surface area contributed by atoms with Crippen molar-refractivity contribution in [2.45, 2.75) is 12.5 Å². The Hall–Kier alpha value is -2.14. The summed E-state index contributed by atoms with van der Waals surface area (Å²) in [6.07, 6.45) is 0.798. The van der Waals surface area contributed by atoms with Gasteiger partial charge in [0.05, 0.1) is 5.56 Å². The van der Waals surface area contributed by atoms with Crippen LogP contribution in [0.5, 0.6) is 0 Å². The van der Waals surface area contributed by atoms with E-state index in [0.717, 1.165) is 6.42 Å². The SMILES string of the molecule is N[C@@H]1CCN(C(=O)c2ccc(-c3ccccc3F)o2)C1. The van der Waals surface area contributed by atoms with E-state index in [1.54, 1.807) is 35.2 Å². The first-order valence-electron chi connectivity index (χ1n) is 6.55. The third-order valence-electron chi connectivity index (χ3n) is 3.47. The topological polar surface area (TPSA) is 59.5 Å². The fourth-order valence-electron chi connectivity index (χ4n) is 2.39. The molecule has 1 fully saturated rings. The minimum absolute atomic E-state index is 0.0277. The molecule has 1 aromatic heterocycles. The number of hydrogen-bond donors (Lipinski definition) is 1. The van der Waals surface area contributed by atoms with Crippen LogP contribution in [0.4, 0.5) is 4.39 Å². The van der Waals surface area contributed by atoms with Gasteiger partial charge in [-0.3, -0.25) is 4.79 Å². The van der Waals surface area contributed by atoms with E-state index in [1.807, 2.05) is 0 Å². The van der Waals surface area contributed by atoms with Gasteiger partial charge in [-0.2, -0.15) is 0 Å². The molecular formula is C15H15FN2O2. The van der Waals surface area contributed by atoms with Crippen LogP contribution in [-0.4, -0.2) is 29.9 Å². The number of carbonyl (C=O) groups is 1. The molecule has 2 heterocycles. The van der Waals surface area contributed by atoms with Crippen LogP contribution in [0, 0.1) is 5.82 Å². The zero-order valence-corrected chi connectivity index (χ0v) is 10.9. The molecule has 20 heavy (non-hydrogen) atoms. The molecule has 0 bridgehead atoms. The van der Waals surface area contributed by atoms with Gasteiger partial charge in [0.2, 0.25) is 0 Å². The quantitative estimate of drug-likeness (QED) is 0.913. The maximum atomic E-state index is 13.7. The van der Waals surface area contributed by atoms with E-state index in [9.17, 15) is 9.18 Å². The number of carbonyl (C=O) groups excluding carboxylic acids is 1. The van der Waals surface area contributed by atoms with Gasteiger partial charge >= 0.3 is 0 Å². The highest BCUT2D eigenvalue weighted by Gasteiger charge is 2.26. The first kappa shape index (κ1) is 12.9. The van der Waals surface area contributed by atoms with Crippen LogP contribution < -0.4 is 5.73 Å². The van der Waals surface area contributed by atoms with Crippen molar-refractivity contribution in [3.8, 4) is 11.3 Å². The van der Waals surface area contributed by atoms with Gasteiger partial charge in [-0.1, -0.05) is 12.1 Å². The second-order valence-electron chi connectivity index (χ2n) is 4.94. The Bertz CT molecular complexity index is 638. The maximum Gasteiger partial charge on any atom is 0.289 e. The lowest BCUT2D eigenvalue weighted by Gasteiger charge is -2.13. The van der Waals surface area contributed by atoms with E-state index in [1.165, 1.54) is 6.07 Å². The molecule has 2 N–H and O–H groups in total. The number of amides is 1. The van der Waals surface area contributed by atoms with Crippen LogP contribution in [0.3, 0.4) is 0 Å². The van der Waals surface area contributed by atoms with Gasteiger partial charge in [0.1, 0.15) is 11.6 Å². The third-order valence-corrected chi connectivity index (χ3v) is 3.47. The van der Waals surface area contributed by atoms with Crippen LogP contribution in [0.1, 0.15) is 17.0 Å². The molecule has 1 amide bonds. The predicted octanol–water partition coefficient (Wildman–Crippen LogP) is 2.26. The predicted molar refractivity (Wildman–Crippen MR) is 72.6 cm³/mol. The van der Waals surface area contributed by atoms with Crippen molar-refractivity contribution < 1.29 is 13.6 Å². The molecule has 1 saturated heterocycles. The fourth-order valence-corrected chi connectivity index (χ4v) is 2.39. The van der Waals surface area contributed by atoms with E-state index >= 15 is 0 Å². The van der Waals surface area contributed by atoms with Gasteiger partial charge < -0.3 is 15.1 Å². The summed E-state index contributed by atoms with van der Waals surface area (Å²) in [5.41, 5.74) is 6.13. The van der Waals surface area contributed by atoms with Crippen LogP contribution in [-0.2, 0) is 0 Å². The lowest BCUT2D eigenvalue weighted by molar-refractivity contribution is 0.0760. The smallest absolute Gasteiger partial charge is 0.289 e. The lowest BCUT2D eigenvalue weighted by Crippen LogP contribution is -2.31. The Kier molecular flexibility index (Phi) is 3.28. The molecule has 1 aliphatic heterocycles. The Labute approximate surface area is 116 Å². The number of nitrogens with zero attached hydrogens (tertiary/aromatic N) is 1. The molecule has 0 saturated carbocycles. The number of likely N-dealkylation sites (tertiary alicyclic amines) is 1. The number of halogens is 1. The van der Waals surface area contributed by atoms with E-state index in [2.05, 4.69) is 0 Å². The van der Waals surface area contributed by atoms with Crippen LogP contribution in [0.25, 0.3) is 11.3 Å². The molecule has 0 spiro atoms. The van der Waals surface area contributed by atoms with Gasteiger partial charge in [-0.15, -0.1) is 0 Å². The van der Waals surface area contributed by atoms with Crippen molar-refractivity contribution in [1.29, 1.82) is 0 Å². The largest absolute Gasteiger partial charge is 0.451 e. The number of rotatable bonds is 2. The number of furan rings is 1. The van der Waals surface area contributed by atoms with Gasteiger partial charge in [0.15, 0.2) is 5.76 Å². The van der Waals surface area contributed by atoms with E-state index in [4.69, 9.17) is 10.2 Å². The zero-order chi connectivity index (χ0) is 14.1. The lowest BCUT2D eigenvalue weighted by atomic mass is 10.1. The van der Waals surface area contributed by atoms with Crippen LogP contribution in [0.2, 0.25) is 0 Å². The fraction of sp³-hybridized carbons (Fsp3) is 0.267. The van der Waals surface area contributed by atoms with Gasteiger partial charge in [-0.05, 0) is 30.7 Å². The van der Waals surface area contributed by atoms with Crippen molar-refractivity contribution in [1.82, 2.24) is 4.90 Å². The minimum atomic E-state index is -0.371. The molecule has 1 aromatic carbocycles. The summed E-state index contributed by atoms with van der Waals surface area (Å²) in [5, 5.41) is 0. The standard InChI is InChI=1S/C15H15FN2O2/c16-12-4-2-1-3-11(12)13-5-6-14(20-13)15(19)18-8-7-10(17)9-18/h1-6,10H,7-9,17H2/t10-/m1/s1. The first-order chi connectivity index (χ1) is 9.65. The Morgan fingerprint density at radius 2 is 2.10 bits per heavy atom. The van der Waals surface area contributed by atoms with Crippen molar-refractivity contribution in [2.24, 2.45) is 5.73 Å². The summed E-state index contributed by atoms with van der Waals surface area (Å²) < 4.78 is 19.2. The van der Waals surface area contributed by atoms with Gasteiger partial charge in [0.25, 0.3) is 5.91 Å². The second kappa shape index (κ2) is 5.09. The molecule has 5 heteroatoms.